The number of carbonyl (C=O) groups is 1. The van der Waals surface area contributed by atoms with Crippen LogP contribution in [0.5, 0.6) is 5.75 Å². The lowest BCUT2D eigenvalue weighted by atomic mass is 10.3. The van der Waals surface area contributed by atoms with Crippen molar-refractivity contribution in [2.45, 2.75) is 0 Å². The number of carbonyl (C=O) groups excluding carboxylic acids is 1. The molecule has 1 amide bonds. The second-order valence-corrected chi connectivity index (χ2v) is 6.06. The summed E-state index contributed by atoms with van der Waals surface area (Å²) < 4.78 is 18.5. The molecule has 0 radical (unpaired) electrons. The maximum atomic E-state index is 13.0. The van der Waals surface area contributed by atoms with Crippen molar-refractivity contribution in [2.75, 3.05) is 32.1 Å². The normalized spacial score (nSPS) is 10.7. The van der Waals surface area contributed by atoms with Crippen LogP contribution >= 0.6 is 23.2 Å². The van der Waals surface area contributed by atoms with Crippen molar-refractivity contribution in [3.05, 3.63) is 58.3 Å². The molecule has 0 bridgehead atoms. The van der Waals surface area contributed by atoms with E-state index in [0.717, 1.165) is 0 Å². The van der Waals surface area contributed by atoms with Gasteiger partial charge in [-0.05, 0) is 37.4 Å². The summed E-state index contributed by atoms with van der Waals surface area (Å²) in [7, 11) is 1.79. The van der Waals surface area contributed by atoms with Crippen molar-refractivity contribution in [1.82, 2.24) is 4.90 Å². The van der Waals surface area contributed by atoms with E-state index in [2.05, 4.69) is 5.32 Å². The van der Waals surface area contributed by atoms with Crippen LogP contribution in [0.3, 0.4) is 0 Å². The Morgan fingerprint density at radius 2 is 2.04 bits per heavy atom. The van der Waals surface area contributed by atoms with Gasteiger partial charge in [0.25, 0.3) is 0 Å². The van der Waals surface area contributed by atoms with Gasteiger partial charge in [-0.15, -0.1) is 0 Å². The first-order valence-corrected chi connectivity index (χ1v) is 8.01. The zero-order chi connectivity index (χ0) is 17.5. The number of ether oxygens (including phenoxy) is 1. The highest BCUT2D eigenvalue weighted by Crippen LogP contribution is 2.25. The molecule has 7 heteroatoms. The number of nitrogens with zero attached hydrogens (tertiary/aromatic N) is 1. The van der Waals surface area contributed by atoms with Gasteiger partial charge < -0.3 is 10.1 Å². The average molecular weight is 371 g/mol. The van der Waals surface area contributed by atoms with Gasteiger partial charge in [-0.3, -0.25) is 9.69 Å². The van der Waals surface area contributed by atoms with Gasteiger partial charge in [0.1, 0.15) is 18.2 Å². The second kappa shape index (κ2) is 8.87. The number of benzene rings is 2. The van der Waals surface area contributed by atoms with Gasteiger partial charge in [0.2, 0.25) is 5.91 Å². The first-order chi connectivity index (χ1) is 11.4. The molecule has 0 saturated heterocycles. The van der Waals surface area contributed by atoms with Gasteiger partial charge in [-0.25, -0.2) is 4.39 Å². The van der Waals surface area contributed by atoms with E-state index in [-0.39, 0.29) is 18.3 Å². The Bertz CT molecular complexity index is 713. The molecule has 0 aliphatic heterocycles. The summed E-state index contributed by atoms with van der Waals surface area (Å²) in [6.45, 7) is 1.01. The topological polar surface area (TPSA) is 41.6 Å². The third kappa shape index (κ3) is 6.00. The Morgan fingerprint density at radius 1 is 1.25 bits per heavy atom. The van der Waals surface area contributed by atoms with Crippen LogP contribution in [0.4, 0.5) is 10.1 Å². The first kappa shape index (κ1) is 18.5. The lowest BCUT2D eigenvalue weighted by Crippen LogP contribution is -2.33. The lowest BCUT2D eigenvalue weighted by Gasteiger charge is -2.17. The minimum atomic E-state index is -0.348. The highest BCUT2D eigenvalue weighted by Gasteiger charge is 2.09. The predicted molar refractivity (Wildman–Crippen MR) is 94.5 cm³/mol. The largest absolute Gasteiger partial charge is 0.492 e. The summed E-state index contributed by atoms with van der Waals surface area (Å²) in [5.74, 6) is -0.107. The van der Waals surface area contributed by atoms with Gasteiger partial charge in [0, 0.05) is 17.6 Å². The van der Waals surface area contributed by atoms with Crippen LogP contribution in [0, 0.1) is 5.82 Å². The van der Waals surface area contributed by atoms with E-state index in [0.29, 0.717) is 34.6 Å². The Kier molecular flexibility index (Phi) is 6.85. The van der Waals surface area contributed by atoms with Gasteiger partial charge in [-0.1, -0.05) is 29.3 Å². The maximum absolute atomic E-state index is 13.0. The SMILES string of the molecule is CN(CCOc1cccc(F)c1)CC(=O)Nc1cc(Cl)ccc1Cl. The fourth-order valence-electron chi connectivity index (χ4n) is 1.98. The molecule has 0 spiro atoms. The van der Waals surface area contributed by atoms with Crippen molar-refractivity contribution in [3.8, 4) is 5.75 Å². The standard InChI is InChI=1S/C17H17Cl2FN2O2/c1-22(7-8-24-14-4-2-3-13(20)10-14)11-17(23)21-16-9-12(18)5-6-15(16)19/h2-6,9-10H,7-8,11H2,1H3,(H,21,23). The molecule has 1 N–H and O–H groups in total. The van der Waals surface area contributed by atoms with Crippen LogP contribution in [-0.4, -0.2) is 37.6 Å². The molecule has 0 aliphatic rings. The Hall–Kier alpha value is -1.82. The molecule has 0 unspecified atom stereocenters. The molecular formula is C17H17Cl2FN2O2. The van der Waals surface area contributed by atoms with Crippen LogP contribution in [0.2, 0.25) is 10.0 Å². The number of anilines is 1. The Balaban J connectivity index is 1.76. The quantitative estimate of drug-likeness (QED) is 0.798. The van der Waals surface area contributed by atoms with Crippen molar-refractivity contribution in [2.24, 2.45) is 0 Å². The predicted octanol–water partition coefficient (Wildman–Crippen LogP) is 4.08. The van der Waals surface area contributed by atoms with Crippen LogP contribution in [-0.2, 0) is 4.79 Å². The van der Waals surface area contributed by atoms with E-state index >= 15 is 0 Å². The summed E-state index contributed by atoms with van der Waals surface area (Å²) in [4.78, 5) is 13.8. The van der Waals surface area contributed by atoms with Crippen LogP contribution in [0.1, 0.15) is 0 Å². The summed E-state index contributed by atoms with van der Waals surface area (Å²) in [5.41, 5.74) is 0.471. The Morgan fingerprint density at radius 3 is 2.79 bits per heavy atom. The number of rotatable bonds is 7. The van der Waals surface area contributed by atoms with E-state index in [1.165, 1.54) is 12.1 Å². The molecular weight excluding hydrogens is 354 g/mol. The molecule has 24 heavy (non-hydrogen) atoms. The molecule has 2 aromatic rings. The molecule has 2 rings (SSSR count). The summed E-state index contributed by atoms with van der Waals surface area (Å²) in [5, 5.41) is 3.62. The first-order valence-electron chi connectivity index (χ1n) is 7.26. The number of hydrogen-bond acceptors (Lipinski definition) is 3. The number of hydrogen-bond donors (Lipinski definition) is 1. The number of nitrogens with one attached hydrogen (secondary N) is 1. The monoisotopic (exact) mass is 370 g/mol. The van der Waals surface area contributed by atoms with E-state index in [1.807, 2.05) is 0 Å². The molecule has 0 atom stereocenters. The zero-order valence-corrected chi connectivity index (χ0v) is 14.6. The Labute approximate surface area is 150 Å². The number of amides is 1. The maximum Gasteiger partial charge on any atom is 0.238 e. The van der Waals surface area contributed by atoms with Crippen molar-refractivity contribution in [1.29, 1.82) is 0 Å². The summed E-state index contributed by atoms with van der Waals surface area (Å²) >= 11 is 11.9. The van der Waals surface area contributed by atoms with Gasteiger partial charge in [0.15, 0.2) is 0 Å². The van der Waals surface area contributed by atoms with Crippen LogP contribution in [0.15, 0.2) is 42.5 Å². The molecule has 0 aromatic heterocycles. The summed E-state index contributed by atoms with van der Waals surface area (Å²) in [6.07, 6.45) is 0. The highest BCUT2D eigenvalue weighted by atomic mass is 35.5. The van der Waals surface area contributed by atoms with Crippen molar-refractivity contribution >= 4 is 34.8 Å². The third-order valence-corrected chi connectivity index (χ3v) is 3.72. The van der Waals surface area contributed by atoms with Crippen molar-refractivity contribution < 1.29 is 13.9 Å². The van der Waals surface area contributed by atoms with Gasteiger partial charge in [-0.2, -0.15) is 0 Å². The minimum Gasteiger partial charge on any atom is -0.492 e. The lowest BCUT2D eigenvalue weighted by molar-refractivity contribution is -0.117. The van der Waals surface area contributed by atoms with Crippen LogP contribution in [0.25, 0.3) is 0 Å². The summed E-state index contributed by atoms with van der Waals surface area (Å²) in [6, 6.07) is 10.8. The van der Waals surface area contributed by atoms with Crippen molar-refractivity contribution in [3.63, 3.8) is 0 Å². The highest BCUT2D eigenvalue weighted by molar-refractivity contribution is 6.35. The smallest absolute Gasteiger partial charge is 0.238 e. The fourth-order valence-corrected chi connectivity index (χ4v) is 2.32. The van der Waals surface area contributed by atoms with Crippen LogP contribution < -0.4 is 10.1 Å². The van der Waals surface area contributed by atoms with E-state index in [4.69, 9.17) is 27.9 Å². The van der Waals surface area contributed by atoms with E-state index in [1.54, 1.807) is 42.3 Å². The number of likely N-dealkylation sites (N-methyl/N-ethyl adjacent to an activating group) is 1. The third-order valence-electron chi connectivity index (χ3n) is 3.15. The molecule has 0 heterocycles. The van der Waals surface area contributed by atoms with Gasteiger partial charge >= 0.3 is 0 Å². The molecule has 0 saturated carbocycles. The molecule has 4 nitrogen and oxygen atoms in total. The zero-order valence-electron chi connectivity index (χ0n) is 13.1. The average Bonchev–Trinajstić information content (AvgIpc) is 2.51. The molecule has 0 fully saturated rings. The minimum absolute atomic E-state index is 0.162. The second-order valence-electron chi connectivity index (χ2n) is 5.22. The van der Waals surface area contributed by atoms with E-state index in [9.17, 15) is 9.18 Å². The molecule has 0 aliphatic carbocycles. The fraction of sp³-hybridized carbons (Fsp3) is 0.235. The van der Waals surface area contributed by atoms with E-state index < -0.39 is 0 Å². The molecule has 2 aromatic carbocycles. The van der Waals surface area contributed by atoms with Gasteiger partial charge in [0.05, 0.1) is 17.3 Å². The number of halogens is 3. The molecule has 128 valence electrons.